The van der Waals surface area contributed by atoms with Gasteiger partial charge in [0.1, 0.15) is 11.9 Å². The molecule has 1 atom stereocenters. The van der Waals surface area contributed by atoms with Crippen molar-refractivity contribution in [3.63, 3.8) is 0 Å². The van der Waals surface area contributed by atoms with Crippen LogP contribution in [0.25, 0.3) is 0 Å². The van der Waals surface area contributed by atoms with Crippen molar-refractivity contribution in [3.8, 4) is 0 Å². The minimum Gasteiger partial charge on any atom is -0.443 e. The average Bonchev–Trinajstić information content (AvgIpc) is 3.21. The maximum atomic E-state index is 14.4. The number of amides is 2. The van der Waals surface area contributed by atoms with E-state index in [0.717, 1.165) is 16.2 Å². The van der Waals surface area contributed by atoms with E-state index in [-0.39, 0.29) is 18.7 Å². The van der Waals surface area contributed by atoms with Crippen LogP contribution in [0, 0.1) is 5.82 Å². The van der Waals surface area contributed by atoms with Crippen molar-refractivity contribution in [1.82, 2.24) is 10.2 Å². The Morgan fingerprint density at radius 3 is 3.00 bits per heavy atom. The summed E-state index contributed by atoms with van der Waals surface area (Å²) >= 11 is 2.72. The molecule has 0 aliphatic carbocycles. The minimum absolute atomic E-state index is 0.156. The number of carbonyl (C=O) groups excluding carboxylic acids is 2. The maximum absolute atomic E-state index is 14.4. The van der Waals surface area contributed by atoms with Gasteiger partial charge in [0.2, 0.25) is 5.13 Å². The summed E-state index contributed by atoms with van der Waals surface area (Å²) in [6.45, 7) is 2.40. The first-order valence-corrected chi connectivity index (χ1v) is 9.57. The molecule has 2 amide bonds. The molecular formula is C15H16FN5O3S2. The van der Waals surface area contributed by atoms with Crippen molar-refractivity contribution >= 4 is 45.9 Å². The summed E-state index contributed by atoms with van der Waals surface area (Å²) in [7, 11) is 0. The van der Waals surface area contributed by atoms with E-state index in [0.29, 0.717) is 10.8 Å². The Labute approximate surface area is 156 Å². The lowest BCUT2D eigenvalue weighted by Gasteiger charge is -2.14. The van der Waals surface area contributed by atoms with E-state index < -0.39 is 23.9 Å². The van der Waals surface area contributed by atoms with Crippen LogP contribution < -0.4 is 16.0 Å². The number of carbonyl (C=O) groups is 2. The number of halogens is 1. The molecule has 0 saturated carbocycles. The molecule has 1 saturated heterocycles. The molecule has 1 aromatic heterocycles. The van der Waals surface area contributed by atoms with E-state index in [4.69, 9.17) is 10.5 Å². The molecule has 1 aliphatic heterocycles. The third-order valence-electron chi connectivity index (χ3n) is 3.54. The Morgan fingerprint density at radius 1 is 1.54 bits per heavy atom. The van der Waals surface area contributed by atoms with Crippen molar-refractivity contribution in [2.45, 2.75) is 17.4 Å². The van der Waals surface area contributed by atoms with Gasteiger partial charge in [0.05, 0.1) is 17.8 Å². The number of hydrogen-bond donors (Lipinski definition) is 2. The minimum atomic E-state index is -0.753. The molecule has 2 heterocycles. The zero-order chi connectivity index (χ0) is 18.7. The average molecular weight is 397 g/mol. The molecule has 3 rings (SSSR count). The summed E-state index contributed by atoms with van der Waals surface area (Å²) in [5, 5.41) is 10.6. The Bertz CT molecular complexity index is 831. The van der Waals surface area contributed by atoms with E-state index in [2.05, 4.69) is 15.5 Å². The topological polar surface area (TPSA) is 110 Å². The molecule has 11 heteroatoms. The number of anilines is 2. The molecular weight excluding hydrogens is 381 g/mol. The normalized spacial score (nSPS) is 16.7. The molecule has 1 aliphatic rings. The molecule has 0 radical (unpaired) electrons. The van der Waals surface area contributed by atoms with Gasteiger partial charge in [-0.25, -0.2) is 9.18 Å². The lowest BCUT2D eigenvalue weighted by molar-refractivity contribution is 0.102. The van der Waals surface area contributed by atoms with E-state index >= 15 is 0 Å². The van der Waals surface area contributed by atoms with E-state index in [9.17, 15) is 14.0 Å². The van der Waals surface area contributed by atoms with Crippen LogP contribution in [0.3, 0.4) is 0 Å². The number of nitrogens with two attached hydrogens (primary N) is 1. The predicted octanol–water partition coefficient (Wildman–Crippen LogP) is 2.33. The standard InChI is InChI=1S/C15H16FN5O3S2/c1-2-25-14-20-19-13(26-14)18-12(22)10-4-3-8(5-11(10)16)21-7-9(6-17)24-15(21)23/h3-5,9H,2,6-7,17H2,1H3,(H,18,19,22)/t9-/m0/s1. The van der Waals surface area contributed by atoms with Crippen LogP contribution in [0.5, 0.6) is 0 Å². The highest BCUT2D eigenvalue weighted by Crippen LogP contribution is 2.27. The second kappa shape index (κ2) is 7.98. The van der Waals surface area contributed by atoms with Crippen LogP contribution >= 0.6 is 23.1 Å². The summed E-state index contributed by atoms with van der Waals surface area (Å²) in [5.74, 6) is -0.554. The number of ether oxygens (including phenoxy) is 1. The Morgan fingerprint density at radius 2 is 2.35 bits per heavy atom. The number of nitrogens with one attached hydrogen (secondary N) is 1. The highest BCUT2D eigenvalue weighted by molar-refractivity contribution is 8.01. The van der Waals surface area contributed by atoms with Crippen LogP contribution in [0.15, 0.2) is 22.5 Å². The summed E-state index contributed by atoms with van der Waals surface area (Å²) in [6, 6.07) is 3.91. The first-order valence-electron chi connectivity index (χ1n) is 7.77. The summed E-state index contributed by atoms with van der Waals surface area (Å²) in [5.41, 5.74) is 5.63. The second-order valence-corrected chi connectivity index (χ2v) is 7.77. The number of cyclic esters (lactones) is 1. The highest BCUT2D eigenvalue weighted by Gasteiger charge is 2.32. The molecule has 2 aromatic rings. The van der Waals surface area contributed by atoms with Crippen LogP contribution in [0.2, 0.25) is 0 Å². The Hall–Kier alpha value is -2.24. The second-order valence-electron chi connectivity index (χ2n) is 5.28. The van der Waals surface area contributed by atoms with Gasteiger partial charge in [-0.2, -0.15) is 0 Å². The van der Waals surface area contributed by atoms with Gasteiger partial charge in [-0.05, 0) is 24.0 Å². The third kappa shape index (κ3) is 3.94. The third-order valence-corrected chi connectivity index (χ3v) is 5.39. The lowest BCUT2D eigenvalue weighted by Crippen LogP contribution is -2.27. The van der Waals surface area contributed by atoms with E-state index in [1.54, 1.807) is 0 Å². The fourth-order valence-electron chi connectivity index (χ4n) is 2.32. The SMILES string of the molecule is CCSc1nnc(NC(=O)c2ccc(N3C[C@H](CN)OC3=O)cc2F)s1. The quantitative estimate of drug-likeness (QED) is 0.568. The number of benzene rings is 1. The Kier molecular flexibility index (Phi) is 5.69. The summed E-state index contributed by atoms with van der Waals surface area (Å²) in [6.07, 6.45) is -1.02. The number of hydrogen-bond acceptors (Lipinski definition) is 8. The largest absolute Gasteiger partial charge is 0.443 e. The van der Waals surface area contributed by atoms with Gasteiger partial charge in [-0.15, -0.1) is 10.2 Å². The molecule has 0 unspecified atom stereocenters. The van der Waals surface area contributed by atoms with Gasteiger partial charge in [0, 0.05) is 6.54 Å². The highest BCUT2D eigenvalue weighted by atomic mass is 32.2. The number of nitrogens with zero attached hydrogens (tertiary/aromatic N) is 3. The fourth-order valence-corrected chi connectivity index (χ4v) is 3.96. The molecule has 1 aromatic carbocycles. The van der Waals surface area contributed by atoms with Crippen molar-refractivity contribution < 1.29 is 18.7 Å². The molecule has 0 spiro atoms. The van der Waals surface area contributed by atoms with Crippen molar-refractivity contribution in [3.05, 3.63) is 29.6 Å². The van der Waals surface area contributed by atoms with Crippen LogP contribution in [0.1, 0.15) is 17.3 Å². The lowest BCUT2D eigenvalue weighted by atomic mass is 10.1. The number of aromatic nitrogens is 2. The molecule has 1 fully saturated rings. The molecule has 26 heavy (non-hydrogen) atoms. The molecule has 8 nitrogen and oxygen atoms in total. The van der Waals surface area contributed by atoms with Gasteiger partial charge in [0.15, 0.2) is 4.34 Å². The van der Waals surface area contributed by atoms with Gasteiger partial charge >= 0.3 is 6.09 Å². The van der Waals surface area contributed by atoms with Crippen molar-refractivity contribution in [2.75, 3.05) is 29.1 Å². The van der Waals surface area contributed by atoms with Crippen LogP contribution in [-0.2, 0) is 4.74 Å². The van der Waals surface area contributed by atoms with E-state index in [1.165, 1.54) is 40.1 Å². The molecule has 0 bridgehead atoms. The number of rotatable bonds is 6. The van der Waals surface area contributed by atoms with Gasteiger partial charge < -0.3 is 10.5 Å². The summed E-state index contributed by atoms with van der Waals surface area (Å²) < 4.78 is 20.2. The maximum Gasteiger partial charge on any atom is 0.414 e. The van der Waals surface area contributed by atoms with Gasteiger partial charge in [0.25, 0.3) is 5.91 Å². The molecule has 138 valence electrons. The van der Waals surface area contributed by atoms with Crippen molar-refractivity contribution in [1.29, 1.82) is 0 Å². The molecule has 3 N–H and O–H groups in total. The number of thioether (sulfide) groups is 1. The predicted molar refractivity (Wildman–Crippen MR) is 97.3 cm³/mol. The summed E-state index contributed by atoms with van der Waals surface area (Å²) in [4.78, 5) is 25.3. The Balaban J connectivity index is 1.72. The van der Waals surface area contributed by atoms with Crippen LogP contribution in [0.4, 0.5) is 20.0 Å². The van der Waals surface area contributed by atoms with Gasteiger partial charge in [-0.1, -0.05) is 30.0 Å². The zero-order valence-electron chi connectivity index (χ0n) is 13.8. The zero-order valence-corrected chi connectivity index (χ0v) is 15.4. The van der Waals surface area contributed by atoms with Crippen LogP contribution in [-0.4, -0.2) is 47.1 Å². The first-order chi connectivity index (χ1) is 12.5. The fraction of sp³-hybridized carbons (Fsp3) is 0.333. The smallest absolute Gasteiger partial charge is 0.414 e. The van der Waals surface area contributed by atoms with Gasteiger partial charge in [-0.3, -0.25) is 15.0 Å². The monoisotopic (exact) mass is 397 g/mol. The first kappa shape index (κ1) is 18.5. The van der Waals surface area contributed by atoms with Crippen molar-refractivity contribution in [2.24, 2.45) is 5.73 Å². The van der Waals surface area contributed by atoms with E-state index in [1.807, 2.05) is 6.92 Å².